The lowest BCUT2D eigenvalue weighted by Gasteiger charge is -2.20. The van der Waals surface area contributed by atoms with Crippen LogP contribution in [0.15, 0.2) is 33.9 Å². The van der Waals surface area contributed by atoms with E-state index in [0.717, 1.165) is 24.1 Å². The zero-order chi connectivity index (χ0) is 24.4. The highest BCUT2D eigenvalue weighted by atomic mass is 16.5. The summed E-state index contributed by atoms with van der Waals surface area (Å²) in [6.07, 6.45) is 3.27. The lowest BCUT2D eigenvalue weighted by atomic mass is 10.1. The van der Waals surface area contributed by atoms with Crippen molar-refractivity contribution < 1.29 is 14.3 Å². The topological polar surface area (TPSA) is 107 Å². The molecule has 4 rings (SSSR count). The zero-order valence-electron chi connectivity index (χ0n) is 20.0. The number of pyridine rings is 1. The molecule has 1 N–H and O–H groups in total. The van der Waals surface area contributed by atoms with Gasteiger partial charge in [0.05, 0.1) is 25.2 Å². The Morgan fingerprint density at radius 2 is 1.91 bits per heavy atom. The van der Waals surface area contributed by atoms with Crippen LogP contribution in [0.25, 0.3) is 11.0 Å². The average molecular weight is 467 g/mol. The van der Waals surface area contributed by atoms with E-state index in [1.807, 2.05) is 25.1 Å². The van der Waals surface area contributed by atoms with Crippen LogP contribution in [-0.2, 0) is 13.0 Å². The van der Waals surface area contributed by atoms with Gasteiger partial charge >= 0.3 is 5.69 Å². The molecule has 1 fully saturated rings. The van der Waals surface area contributed by atoms with Crippen molar-refractivity contribution in [2.75, 3.05) is 27.8 Å². The second-order valence-electron chi connectivity index (χ2n) is 8.64. The van der Waals surface area contributed by atoms with Gasteiger partial charge in [-0.1, -0.05) is 13.0 Å². The number of ether oxygens (including phenoxy) is 2. The maximum Gasteiger partial charge on any atom is 0.329 e. The van der Waals surface area contributed by atoms with E-state index < -0.39 is 11.2 Å². The summed E-state index contributed by atoms with van der Waals surface area (Å²) in [5.41, 5.74) is 1.24. The van der Waals surface area contributed by atoms with Gasteiger partial charge in [-0.25, -0.2) is 9.78 Å². The lowest BCUT2D eigenvalue weighted by Crippen LogP contribution is -2.34. The predicted molar refractivity (Wildman–Crippen MR) is 129 cm³/mol. The standard InChI is InChI=1S/C25H30N4O5/c1-5-11-29-22-21(23(30)27-25(29)32)17(14-18(26-22)16-7-8-16)24(31)28(2)12-10-15-6-9-19(33-3)20(13-15)34-4/h6,9,13-14,16H,5,7-8,10-12H2,1-4H3,(H,27,30,32). The smallest absolute Gasteiger partial charge is 0.329 e. The monoisotopic (exact) mass is 466 g/mol. The number of benzene rings is 1. The SMILES string of the molecule is CCCn1c(=O)[nH]c(=O)c2c(C(=O)N(C)CCc3ccc(OC)c(OC)c3)cc(C3CC3)nc21. The summed E-state index contributed by atoms with van der Waals surface area (Å²) in [6.45, 7) is 2.79. The summed E-state index contributed by atoms with van der Waals surface area (Å²) in [4.78, 5) is 47.4. The number of rotatable bonds is 9. The fourth-order valence-electron chi connectivity index (χ4n) is 4.12. The molecule has 0 saturated heterocycles. The fourth-order valence-corrected chi connectivity index (χ4v) is 4.12. The Balaban J connectivity index is 1.68. The van der Waals surface area contributed by atoms with E-state index in [1.54, 1.807) is 32.2 Å². The number of nitrogens with zero attached hydrogens (tertiary/aromatic N) is 3. The number of carbonyl (C=O) groups is 1. The van der Waals surface area contributed by atoms with Crippen molar-refractivity contribution in [2.45, 2.75) is 45.1 Å². The summed E-state index contributed by atoms with van der Waals surface area (Å²) < 4.78 is 12.1. The largest absolute Gasteiger partial charge is 0.493 e. The van der Waals surface area contributed by atoms with Gasteiger partial charge in [-0.05, 0) is 49.4 Å². The van der Waals surface area contributed by atoms with Crippen LogP contribution in [0.4, 0.5) is 0 Å². The number of nitrogens with one attached hydrogen (secondary N) is 1. The Kier molecular flexibility index (Phi) is 6.72. The van der Waals surface area contributed by atoms with Crippen LogP contribution in [-0.4, -0.2) is 53.2 Å². The number of H-pyrrole nitrogens is 1. The van der Waals surface area contributed by atoms with E-state index in [2.05, 4.69) is 9.97 Å². The van der Waals surface area contributed by atoms with Crippen molar-refractivity contribution in [1.82, 2.24) is 19.4 Å². The number of hydrogen-bond acceptors (Lipinski definition) is 6. The number of aromatic amines is 1. The minimum atomic E-state index is -0.584. The molecule has 34 heavy (non-hydrogen) atoms. The maximum atomic E-state index is 13.5. The molecule has 0 unspecified atom stereocenters. The minimum absolute atomic E-state index is 0.167. The molecule has 0 radical (unpaired) electrons. The molecular formula is C25H30N4O5. The summed E-state index contributed by atoms with van der Waals surface area (Å²) in [5.74, 6) is 1.26. The first-order valence-corrected chi connectivity index (χ1v) is 11.5. The average Bonchev–Trinajstić information content (AvgIpc) is 3.69. The molecule has 2 heterocycles. The molecule has 9 heteroatoms. The molecular weight excluding hydrogens is 436 g/mol. The van der Waals surface area contributed by atoms with Crippen LogP contribution < -0.4 is 20.7 Å². The highest BCUT2D eigenvalue weighted by Crippen LogP contribution is 2.40. The molecule has 0 aliphatic heterocycles. The molecule has 1 saturated carbocycles. The van der Waals surface area contributed by atoms with Gasteiger partial charge in [0.25, 0.3) is 11.5 Å². The number of likely N-dealkylation sites (N-methyl/N-ethyl adjacent to an activating group) is 1. The van der Waals surface area contributed by atoms with E-state index >= 15 is 0 Å². The zero-order valence-corrected chi connectivity index (χ0v) is 20.0. The Bertz CT molecular complexity index is 1340. The normalized spacial score (nSPS) is 13.2. The summed E-state index contributed by atoms with van der Waals surface area (Å²) in [7, 11) is 4.88. The van der Waals surface area contributed by atoms with Crippen molar-refractivity contribution in [2.24, 2.45) is 0 Å². The molecule has 9 nitrogen and oxygen atoms in total. The van der Waals surface area contributed by atoms with Crippen molar-refractivity contribution in [1.29, 1.82) is 0 Å². The quantitative estimate of drug-likeness (QED) is 0.520. The molecule has 2 aromatic heterocycles. The molecule has 3 aromatic rings. The summed E-state index contributed by atoms with van der Waals surface area (Å²) in [5, 5.41) is 0.167. The third-order valence-electron chi connectivity index (χ3n) is 6.17. The molecule has 1 aliphatic carbocycles. The Morgan fingerprint density at radius 1 is 1.18 bits per heavy atom. The highest BCUT2D eigenvalue weighted by Gasteiger charge is 2.29. The van der Waals surface area contributed by atoms with Crippen LogP contribution in [0.3, 0.4) is 0 Å². The fraction of sp³-hybridized carbons (Fsp3) is 0.440. The Hall–Kier alpha value is -3.62. The van der Waals surface area contributed by atoms with E-state index in [4.69, 9.17) is 9.47 Å². The number of methoxy groups -OCH3 is 2. The number of fused-ring (bicyclic) bond motifs is 1. The number of aromatic nitrogens is 3. The molecule has 1 aliphatic rings. The van der Waals surface area contributed by atoms with Crippen LogP contribution in [0.1, 0.15) is 53.7 Å². The molecule has 180 valence electrons. The van der Waals surface area contributed by atoms with E-state index in [-0.39, 0.29) is 28.4 Å². The minimum Gasteiger partial charge on any atom is -0.493 e. The van der Waals surface area contributed by atoms with Gasteiger partial charge in [0.2, 0.25) is 0 Å². The first-order chi connectivity index (χ1) is 16.4. The number of carbonyl (C=O) groups excluding carboxylic acids is 1. The van der Waals surface area contributed by atoms with E-state index in [0.29, 0.717) is 37.4 Å². The number of hydrogen-bond donors (Lipinski definition) is 1. The van der Waals surface area contributed by atoms with Crippen molar-refractivity contribution in [3.05, 3.63) is 61.9 Å². The molecule has 0 atom stereocenters. The molecule has 0 bridgehead atoms. The summed E-state index contributed by atoms with van der Waals surface area (Å²) >= 11 is 0. The van der Waals surface area contributed by atoms with Gasteiger partial charge in [0.1, 0.15) is 0 Å². The Labute approximate surface area is 197 Å². The first kappa shape index (κ1) is 23.5. The van der Waals surface area contributed by atoms with Gasteiger partial charge in [-0.15, -0.1) is 0 Å². The van der Waals surface area contributed by atoms with Gasteiger partial charge in [0.15, 0.2) is 17.1 Å². The third kappa shape index (κ3) is 4.55. The summed E-state index contributed by atoms with van der Waals surface area (Å²) in [6, 6.07) is 7.38. The second kappa shape index (κ2) is 9.70. The van der Waals surface area contributed by atoms with Crippen molar-refractivity contribution in [3.63, 3.8) is 0 Å². The number of amides is 1. The van der Waals surface area contributed by atoms with Crippen LogP contribution in [0.2, 0.25) is 0 Å². The van der Waals surface area contributed by atoms with Crippen LogP contribution in [0, 0.1) is 0 Å². The van der Waals surface area contributed by atoms with Gasteiger partial charge in [-0.2, -0.15) is 0 Å². The van der Waals surface area contributed by atoms with Crippen LogP contribution in [0.5, 0.6) is 11.5 Å². The Morgan fingerprint density at radius 3 is 2.56 bits per heavy atom. The molecule has 1 amide bonds. The van der Waals surface area contributed by atoms with Crippen molar-refractivity contribution in [3.8, 4) is 11.5 Å². The maximum absolute atomic E-state index is 13.5. The number of aryl methyl sites for hydroxylation is 1. The van der Waals surface area contributed by atoms with E-state index in [1.165, 1.54) is 4.57 Å². The predicted octanol–water partition coefficient (Wildman–Crippen LogP) is 2.70. The molecule has 1 aromatic carbocycles. The van der Waals surface area contributed by atoms with Gasteiger partial charge in [-0.3, -0.25) is 19.1 Å². The van der Waals surface area contributed by atoms with Gasteiger partial charge < -0.3 is 14.4 Å². The first-order valence-electron chi connectivity index (χ1n) is 11.5. The van der Waals surface area contributed by atoms with E-state index in [9.17, 15) is 14.4 Å². The third-order valence-corrected chi connectivity index (χ3v) is 6.17. The second-order valence-corrected chi connectivity index (χ2v) is 8.64. The van der Waals surface area contributed by atoms with Crippen LogP contribution >= 0.6 is 0 Å². The lowest BCUT2D eigenvalue weighted by molar-refractivity contribution is 0.0798. The highest BCUT2D eigenvalue weighted by molar-refractivity contribution is 6.05. The van der Waals surface area contributed by atoms with Gasteiger partial charge in [0, 0.05) is 31.7 Å². The molecule has 0 spiro atoms. The van der Waals surface area contributed by atoms with Crippen molar-refractivity contribution >= 4 is 16.9 Å².